The summed E-state index contributed by atoms with van der Waals surface area (Å²) in [5, 5.41) is 3.61. The summed E-state index contributed by atoms with van der Waals surface area (Å²) in [7, 11) is 0. The van der Waals surface area contributed by atoms with Gasteiger partial charge in [0.25, 0.3) is 0 Å². The van der Waals surface area contributed by atoms with Gasteiger partial charge >= 0.3 is 0 Å². The van der Waals surface area contributed by atoms with Crippen LogP contribution in [-0.4, -0.2) is 29.6 Å². The van der Waals surface area contributed by atoms with Crippen LogP contribution in [0.1, 0.15) is 73.6 Å². The molecule has 224 valence electrons. The molecule has 0 spiro atoms. The molecule has 1 unspecified atom stereocenters. The second-order valence-corrected chi connectivity index (χ2v) is 14.0. The maximum atomic E-state index is 4.91. The van der Waals surface area contributed by atoms with Crippen molar-refractivity contribution in [2.24, 2.45) is 0 Å². The molecule has 2 aromatic carbocycles. The maximum Gasteiger partial charge on any atom is 0.121 e. The van der Waals surface area contributed by atoms with E-state index in [1.165, 1.54) is 33.7 Å². The first-order valence-corrected chi connectivity index (χ1v) is 15.8. The van der Waals surface area contributed by atoms with Gasteiger partial charge in [-0.1, -0.05) is 63.2 Å². The smallest absolute Gasteiger partial charge is 0.121 e. The molecule has 2 N–H and O–H groups in total. The average Bonchev–Trinajstić information content (AvgIpc) is 3.40. The third kappa shape index (κ3) is 8.12. The minimum atomic E-state index is 0. The summed E-state index contributed by atoms with van der Waals surface area (Å²) < 4.78 is 0.154. The zero-order valence-corrected chi connectivity index (χ0v) is 27.7. The summed E-state index contributed by atoms with van der Waals surface area (Å²) >= 11 is 1.87. The molecule has 0 amide bonds. The lowest BCUT2D eigenvalue weighted by Crippen LogP contribution is -2.31. The molecule has 8 heteroatoms. The second-order valence-electron chi connectivity index (χ2n) is 12.1. The van der Waals surface area contributed by atoms with Gasteiger partial charge in [0.1, 0.15) is 5.82 Å². The third-order valence-electron chi connectivity index (χ3n) is 7.69. The molecule has 1 aliphatic rings. The molecular weight excluding hydrogens is 616 g/mol. The molecule has 3 heterocycles. The molecule has 0 fully saturated rings. The number of hydrogen-bond acceptors (Lipinski definition) is 6. The van der Waals surface area contributed by atoms with E-state index in [2.05, 4.69) is 102 Å². The predicted octanol–water partition coefficient (Wildman–Crippen LogP) is 8.19. The normalized spacial score (nSPS) is 14.9. The molecule has 6 rings (SSSR count). The number of rotatable bonds is 10. The Kier molecular flexibility index (Phi) is 10.3. The van der Waals surface area contributed by atoms with Crippen LogP contribution in [0.3, 0.4) is 0 Å². The molecule has 0 saturated heterocycles. The number of imidazole rings is 1. The number of nitrogens with one attached hydrogen (secondary N) is 2. The molecule has 0 bridgehead atoms. The van der Waals surface area contributed by atoms with Crippen molar-refractivity contribution in [2.75, 3.05) is 0 Å². The number of hydrogen-bond donors (Lipinski definition) is 2. The van der Waals surface area contributed by atoms with E-state index in [4.69, 9.17) is 9.97 Å². The SMILES string of the molecule is Br.CC(C)(C)Sc1cccnc1CNCc1ccc(CN(Cc2nc3ccccc3[nH]2)C2CCCc3cccnc32)cc1. The van der Waals surface area contributed by atoms with Crippen LogP contribution < -0.4 is 5.32 Å². The Morgan fingerprint density at radius 2 is 1.65 bits per heavy atom. The van der Waals surface area contributed by atoms with E-state index in [9.17, 15) is 0 Å². The van der Waals surface area contributed by atoms with E-state index in [-0.39, 0.29) is 27.8 Å². The second kappa shape index (κ2) is 14.2. The highest BCUT2D eigenvalue weighted by Crippen LogP contribution is 2.35. The summed E-state index contributed by atoms with van der Waals surface area (Å²) in [6.45, 7) is 9.87. The number of aromatic nitrogens is 4. The zero-order chi connectivity index (χ0) is 28.9. The molecule has 0 radical (unpaired) electrons. The summed E-state index contributed by atoms with van der Waals surface area (Å²) in [4.78, 5) is 21.8. The highest BCUT2D eigenvalue weighted by Gasteiger charge is 2.28. The van der Waals surface area contributed by atoms with Crippen LogP contribution >= 0.6 is 28.7 Å². The fraction of sp³-hybridized carbons (Fsp3) is 0.343. The molecule has 0 aliphatic heterocycles. The largest absolute Gasteiger partial charge is 0.341 e. The minimum Gasteiger partial charge on any atom is -0.341 e. The first kappa shape index (κ1) is 31.4. The number of fused-ring (bicyclic) bond motifs is 2. The van der Waals surface area contributed by atoms with Gasteiger partial charge in [0.15, 0.2) is 0 Å². The number of H-pyrrole nitrogens is 1. The van der Waals surface area contributed by atoms with Crippen molar-refractivity contribution in [3.8, 4) is 0 Å². The summed E-state index contributed by atoms with van der Waals surface area (Å²) in [6, 6.07) is 26.1. The molecule has 43 heavy (non-hydrogen) atoms. The Bertz CT molecular complexity index is 1590. The van der Waals surface area contributed by atoms with Crippen molar-refractivity contribution in [3.63, 3.8) is 0 Å². The van der Waals surface area contributed by atoms with Crippen molar-refractivity contribution in [2.45, 2.75) is 81.9 Å². The number of aryl methyl sites for hydroxylation is 1. The van der Waals surface area contributed by atoms with Gasteiger partial charge in [-0.2, -0.15) is 0 Å². The highest BCUT2D eigenvalue weighted by molar-refractivity contribution is 8.93. The van der Waals surface area contributed by atoms with E-state index in [1.54, 1.807) is 0 Å². The van der Waals surface area contributed by atoms with Gasteiger partial charge in [-0.15, -0.1) is 28.7 Å². The summed E-state index contributed by atoms with van der Waals surface area (Å²) in [6.07, 6.45) is 7.21. The zero-order valence-electron chi connectivity index (χ0n) is 25.2. The monoisotopic (exact) mass is 656 g/mol. The van der Waals surface area contributed by atoms with E-state index in [1.807, 2.05) is 36.3 Å². The van der Waals surface area contributed by atoms with Crippen LogP contribution in [0, 0.1) is 0 Å². The lowest BCUT2D eigenvalue weighted by Gasteiger charge is -2.34. The van der Waals surface area contributed by atoms with Crippen LogP contribution in [0.4, 0.5) is 0 Å². The Balaban J connectivity index is 0.00000368. The topological polar surface area (TPSA) is 69.7 Å². The number of halogens is 1. The van der Waals surface area contributed by atoms with Crippen molar-refractivity contribution >= 4 is 39.8 Å². The number of nitrogens with zero attached hydrogens (tertiary/aromatic N) is 4. The van der Waals surface area contributed by atoms with Gasteiger partial charge in [0.05, 0.1) is 35.0 Å². The van der Waals surface area contributed by atoms with Gasteiger partial charge < -0.3 is 10.3 Å². The van der Waals surface area contributed by atoms with E-state index in [0.29, 0.717) is 0 Å². The minimum absolute atomic E-state index is 0. The van der Waals surface area contributed by atoms with Crippen LogP contribution in [0.2, 0.25) is 0 Å². The van der Waals surface area contributed by atoms with E-state index in [0.717, 1.165) is 61.6 Å². The average molecular weight is 658 g/mol. The molecular formula is C35H41BrN6S. The van der Waals surface area contributed by atoms with Crippen LogP contribution in [0.15, 0.2) is 90.1 Å². The van der Waals surface area contributed by atoms with Crippen molar-refractivity contribution in [3.05, 3.63) is 119 Å². The maximum absolute atomic E-state index is 4.91. The summed E-state index contributed by atoms with van der Waals surface area (Å²) in [5.74, 6) is 0.999. The number of thioether (sulfide) groups is 1. The fourth-order valence-electron chi connectivity index (χ4n) is 5.79. The lowest BCUT2D eigenvalue weighted by molar-refractivity contribution is 0.153. The summed E-state index contributed by atoms with van der Waals surface area (Å²) in [5.41, 5.74) is 8.37. The van der Waals surface area contributed by atoms with Crippen LogP contribution in [0.5, 0.6) is 0 Å². The number of aromatic amines is 1. The van der Waals surface area contributed by atoms with Crippen LogP contribution in [0.25, 0.3) is 11.0 Å². The van der Waals surface area contributed by atoms with Gasteiger partial charge in [-0.25, -0.2) is 4.98 Å². The fourth-order valence-corrected chi connectivity index (χ4v) is 6.84. The Morgan fingerprint density at radius 3 is 2.47 bits per heavy atom. The van der Waals surface area contributed by atoms with Crippen molar-refractivity contribution in [1.82, 2.24) is 30.2 Å². The van der Waals surface area contributed by atoms with Crippen molar-refractivity contribution < 1.29 is 0 Å². The van der Waals surface area contributed by atoms with Gasteiger partial charge in [-0.3, -0.25) is 14.9 Å². The van der Waals surface area contributed by atoms with Gasteiger partial charge in [0, 0.05) is 41.7 Å². The Hall–Kier alpha value is -3.04. The van der Waals surface area contributed by atoms with Gasteiger partial charge in [0.2, 0.25) is 0 Å². The predicted molar refractivity (Wildman–Crippen MR) is 182 cm³/mol. The Labute approximate surface area is 269 Å². The van der Waals surface area contributed by atoms with E-state index < -0.39 is 0 Å². The first-order chi connectivity index (χ1) is 20.4. The third-order valence-corrected chi connectivity index (χ3v) is 8.90. The molecule has 6 nitrogen and oxygen atoms in total. The Morgan fingerprint density at radius 1 is 0.884 bits per heavy atom. The van der Waals surface area contributed by atoms with Crippen molar-refractivity contribution in [1.29, 1.82) is 0 Å². The molecule has 5 aromatic rings. The lowest BCUT2D eigenvalue weighted by atomic mass is 9.90. The van der Waals surface area contributed by atoms with E-state index >= 15 is 0 Å². The quantitative estimate of drug-likeness (QED) is 0.148. The molecule has 1 aliphatic carbocycles. The standard InChI is InChI=1S/C35H40N6S.BrH/c1-35(2,3)42-32-14-8-19-37-30(32)22-36-21-25-15-17-26(18-16-25)23-41(24-33-39-28-11-4-5-12-29(28)40-33)31-13-6-9-27-10-7-20-38-34(27)31;/h4-5,7-8,10-12,14-20,31,36H,6,9,13,21-24H2,1-3H3,(H,39,40);1H. The number of para-hydroxylation sites is 2. The number of pyridine rings is 2. The molecule has 3 aromatic heterocycles. The highest BCUT2D eigenvalue weighted by atomic mass is 79.9. The molecule has 1 atom stereocenters. The number of benzene rings is 2. The van der Waals surface area contributed by atoms with Crippen LogP contribution in [-0.2, 0) is 32.6 Å². The molecule has 0 saturated carbocycles. The van der Waals surface area contributed by atoms with Gasteiger partial charge in [-0.05, 0) is 66.3 Å². The first-order valence-electron chi connectivity index (χ1n) is 14.9.